The van der Waals surface area contributed by atoms with Gasteiger partial charge in [-0.05, 0) is 13.8 Å². The summed E-state index contributed by atoms with van der Waals surface area (Å²) < 4.78 is 3.04. The molecule has 0 fully saturated rings. The highest BCUT2D eigenvalue weighted by molar-refractivity contribution is 6.67. The Morgan fingerprint density at radius 1 is 0.667 bits per heavy atom. The van der Waals surface area contributed by atoms with Crippen molar-refractivity contribution in [2.45, 2.75) is 13.8 Å². The van der Waals surface area contributed by atoms with Gasteiger partial charge in [0, 0.05) is 1.43 Å². The van der Waals surface area contributed by atoms with Crippen molar-refractivity contribution in [1.82, 2.24) is 0 Å². The van der Waals surface area contributed by atoms with E-state index in [1.807, 2.05) is 0 Å². The lowest BCUT2D eigenvalue weighted by Crippen LogP contribution is -2.26. The van der Waals surface area contributed by atoms with Crippen LogP contribution < -0.4 is 8.85 Å². The van der Waals surface area contributed by atoms with Crippen molar-refractivity contribution in [3.05, 3.63) is 59.7 Å². The van der Waals surface area contributed by atoms with E-state index in [1.165, 1.54) is 20.0 Å². The van der Waals surface area contributed by atoms with E-state index in [4.69, 9.17) is 0 Å². The molecule has 0 N–H and O–H groups in total. The summed E-state index contributed by atoms with van der Waals surface area (Å²) in [4.78, 5) is 0. The van der Waals surface area contributed by atoms with Gasteiger partial charge in [0.25, 0.3) is 0 Å². The monoisotopic (exact) mass is 212 g/mol. The van der Waals surface area contributed by atoms with Gasteiger partial charge in [-0.3, -0.25) is 0 Å². The standard InChI is InChI=1S/2C7H7.Al.H2.H/c2*1-7-5-3-2-4-6-7;;;/h2*3-6H,1H3;;1H;. The molecule has 0 aromatic heterocycles. The number of hydrogen-bond donors (Lipinski definition) is 0. The molecule has 2 rings (SSSR count). The summed E-state index contributed by atoms with van der Waals surface area (Å²) in [6, 6.07) is 17.9. The highest BCUT2D eigenvalue weighted by atomic mass is 27.1. The molecule has 0 saturated heterocycles. The smallest absolute Gasteiger partial charge is 0.109 e. The fourth-order valence-electron chi connectivity index (χ4n) is 1.65. The van der Waals surface area contributed by atoms with Crippen molar-refractivity contribution in [3.63, 3.8) is 0 Å². The van der Waals surface area contributed by atoms with Crippen molar-refractivity contribution >= 4 is 24.1 Å². The van der Waals surface area contributed by atoms with Crippen molar-refractivity contribution in [2.24, 2.45) is 0 Å². The van der Waals surface area contributed by atoms with Crippen LogP contribution in [0.5, 0.6) is 0 Å². The average Bonchev–Trinajstić information content (AvgIpc) is 2.25. The van der Waals surface area contributed by atoms with Crippen LogP contribution in [0.4, 0.5) is 0 Å². The molecule has 0 amide bonds. The predicted molar refractivity (Wildman–Crippen MR) is 70.9 cm³/mol. The third-order valence-corrected chi connectivity index (χ3v) is 4.41. The summed E-state index contributed by atoms with van der Waals surface area (Å²) in [6.45, 7) is 4.27. The topological polar surface area (TPSA) is 0 Å². The first-order chi connectivity index (χ1) is 7.24. The van der Waals surface area contributed by atoms with E-state index in [0.29, 0.717) is 0 Å². The molecular formula is C14H17Al. The SMILES string of the molecule is Cc1cc[c]([AlH][c]2ccc(C)cc2)cc1.[HH]. The van der Waals surface area contributed by atoms with Crippen molar-refractivity contribution in [1.29, 1.82) is 0 Å². The highest BCUT2D eigenvalue weighted by Crippen LogP contribution is 1.94. The van der Waals surface area contributed by atoms with E-state index in [0.717, 1.165) is 0 Å². The first-order valence-electron chi connectivity index (χ1n) is 5.35. The Balaban J connectivity index is 0.00000128. The Labute approximate surface area is 99.2 Å². The second-order valence-electron chi connectivity index (χ2n) is 4.15. The van der Waals surface area contributed by atoms with Gasteiger partial charge < -0.3 is 0 Å². The van der Waals surface area contributed by atoms with Gasteiger partial charge in [0.2, 0.25) is 0 Å². The number of benzene rings is 2. The van der Waals surface area contributed by atoms with Crippen LogP contribution in [0.15, 0.2) is 48.5 Å². The Bertz CT molecular complexity index is 388. The molecule has 0 heterocycles. The van der Waals surface area contributed by atoms with Gasteiger partial charge in [-0.25, -0.2) is 0 Å². The van der Waals surface area contributed by atoms with E-state index < -0.39 is 0 Å². The number of aryl methyl sites for hydroxylation is 2. The molecule has 0 bridgehead atoms. The van der Waals surface area contributed by atoms with Crippen LogP contribution in [0.2, 0.25) is 0 Å². The molecule has 0 saturated carbocycles. The Morgan fingerprint density at radius 2 is 1.00 bits per heavy atom. The Morgan fingerprint density at radius 3 is 1.33 bits per heavy atom. The summed E-state index contributed by atoms with van der Waals surface area (Å²) in [7, 11) is 0. The lowest BCUT2D eigenvalue weighted by atomic mass is 10.2. The maximum absolute atomic E-state index is 2.27. The van der Waals surface area contributed by atoms with Gasteiger partial charge in [0.1, 0.15) is 0 Å². The zero-order valence-electron chi connectivity index (χ0n) is 9.33. The van der Waals surface area contributed by atoms with Crippen LogP contribution in [0, 0.1) is 13.8 Å². The molecule has 0 aliphatic heterocycles. The molecule has 0 aliphatic rings. The zero-order chi connectivity index (χ0) is 10.7. The van der Waals surface area contributed by atoms with Crippen LogP contribution >= 0.6 is 0 Å². The van der Waals surface area contributed by atoms with Gasteiger partial charge in [-0.2, -0.15) is 0 Å². The maximum atomic E-state index is 2.27. The first-order valence-corrected chi connectivity index (χ1v) is 6.76. The van der Waals surface area contributed by atoms with Crippen LogP contribution in [0.3, 0.4) is 0 Å². The zero-order valence-corrected chi connectivity index (χ0v) is 10.7. The molecule has 76 valence electrons. The molecule has 0 atom stereocenters. The summed E-state index contributed by atoms with van der Waals surface area (Å²) in [5.74, 6) is 0. The molecule has 0 spiro atoms. The summed E-state index contributed by atoms with van der Waals surface area (Å²) in [6.07, 6.45) is 0. The molecule has 0 radical (unpaired) electrons. The minimum atomic E-state index is -0.266. The van der Waals surface area contributed by atoms with Crippen molar-refractivity contribution in [2.75, 3.05) is 0 Å². The van der Waals surface area contributed by atoms with Crippen molar-refractivity contribution in [3.8, 4) is 0 Å². The Hall–Kier alpha value is -1.03. The highest BCUT2D eigenvalue weighted by Gasteiger charge is 1.99. The predicted octanol–water partition coefficient (Wildman–Crippen LogP) is 1.94. The molecule has 0 unspecified atom stereocenters. The summed E-state index contributed by atoms with van der Waals surface area (Å²) in [5, 5.41) is 0. The van der Waals surface area contributed by atoms with Gasteiger partial charge >= 0.3 is 15.2 Å². The quantitative estimate of drug-likeness (QED) is 0.667. The number of rotatable bonds is 2. The van der Waals surface area contributed by atoms with Crippen LogP contribution in [-0.4, -0.2) is 15.2 Å². The summed E-state index contributed by atoms with van der Waals surface area (Å²) >= 11 is -0.266. The van der Waals surface area contributed by atoms with Crippen LogP contribution in [0.25, 0.3) is 0 Å². The Kier molecular flexibility index (Phi) is 3.26. The molecular weight excluding hydrogens is 195 g/mol. The lowest BCUT2D eigenvalue weighted by molar-refractivity contribution is 1.48. The van der Waals surface area contributed by atoms with E-state index in [2.05, 4.69) is 62.4 Å². The van der Waals surface area contributed by atoms with E-state index >= 15 is 0 Å². The van der Waals surface area contributed by atoms with Gasteiger partial charge in [0.05, 0.1) is 0 Å². The normalized spacial score (nSPS) is 10.0. The third kappa shape index (κ3) is 2.96. The second-order valence-corrected chi connectivity index (χ2v) is 6.13. The van der Waals surface area contributed by atoms with Crippen LogP contribution in [-0.2, 0) is 0 Å². The van der Waals surface area contributed by atoms with Gasteiger partial charge in [-0.1, -0.05) is 59.7 Å². The third-order valence-electron chi connectivity index (χ3n) is 2.65. The summed E-state index contributed by atoms with van der Waals surface area (Å²) in [5.41, 5.74) is 2.69. The molecule has 15 heavy (non-hydrogen) atoms. The minimum Gasteiger partial charge on any atom is -0.109 e. The van der Waals surface area contributed by atoms with Crippen LogP contribution in [0.1, 0.15) is 12.6 Å². The van der Waals surface area contributed by atoms with Gasteiger partial charge in [-0.15, -0.1) is 8.85 Å². The van der Waals surface area contributed by atoms with E-state index in [-0.39, 0.29) is 16.6 Å². The van der Waals surface area contributed by atoms with Crippen molar-refractivity contribution < 1.29 is 1.43 Å². The maximum Gasteiger partial charge on any atom is 0.323 e. The first kappa shape index (κ1) is 10.5. The second kappa shape index (κ2) is 4.66. The molecule has 0 aliphatic carbocycles. The molecule has 0 nitrogen and oxygen atoms in total. The molecule has 1 heteroatoms. The fourth-order valence-corrected chi connectivity index (χ4v) is 3.06. The number of hydrogen-bond acceptors (Lipinski definition) is 0. The van der Waals surface area contributed by atoms with Gasteiger partial charge in [0.15, 0.2) is 0 Å². The van der Waals surface area contributed by atoms with E-state index in [9.17, 15) is 0 Å². The lowest BCUT2D eigenvalue weighted by Gasteiger charge is -2.01. The van der Waals surface area contributed by atoms with E-state index in [1.54, 1.807) is 0 Å². The minimum absolute atomic E-state index is 0. The average molecular weight is 212 g/mol. The largest absolute Gasteiger partial charge is 0.323 e. The fraction of sp³-hybridized carbons (Fsp3) is 0.143. The molecule has 2 aromatic carbocycles. The molecule has 2 aromatic rings.